The summed E-state index contributed by atoms with van der Waals surface area (Å²) in [5.74, 6) is 1.50. The fraction of sp³-hybridized carbons (Fsp3) is 0.471. The van der Waals surface area contributed by atoms with Crippen LogP contribution in [-0.4, -0.2) is 56.3 Å². The van der Waals surface area contributed by atoms with Gasteiger partial charge in [0.2, 0.25) is 10.0 Å². The smallest absolute Gasteiger partial charge is 0.244 e. The monoisotopic (exact) mass is 364 g/mol. The molecule has 0 aliphatic carbocycles. The number of rotatable bonds is 7. The van der Waals surface area contributed by atoms with Crippen LogP contribution in [0.1, 0.15) is 24.6 Å². The van der Waals surface area contributed by atoms with Crippen LogP contribution in [0.15, 0.2) is 46.0 Å². The van der Waals surface area contributed by atoms with Crippen molar-refractivity contribution in [2.24, 2.45) is 0 Å². The molecule has 2 aromatic rings. The van der Waals surface area contributed by atoms with E-state index in [1.807, 2.05) is 26.2 Å². The highest BCUT2D eigenvalue weighted by Crippen LogP contribution is 2.22. The van der Waals surface area contributed by atoms with Crippen molar-refractivity contribution < 1.29 is 12.8 Å². The third kappa shape index (κ3) is 4.02. The van der Waals surface area contributed by atoms with Gasteiger partial charge in [-0.2, -0.15) is 4.31 Å². The SMILES string of the molecule is CN(C)[C@@H](CNc1ccc(S(=O)(=O)N2CCCC2)cn1)c1ccco1. The minimum atomic E-state index is -3.42. The maximum Gasteiger partial charge on any atom is 0.244 e. The standard InChI is InChI=1S/C17H24N4O3S/c1-20(2)15(16-6-5-11-24-16)13-19-17-8-7-14(12-18-17)25(22,23)21-9-3-4-10-21/h5-8,11-12,15H,3-4,9-10,13H2,1-2H3,(H,18,19)/t15-/m0/s1. The van der Waals surface area contributed by atoms with Gasteiger partial charge in [-0.15, -0.1) is 0 Å². The molecular weight excluding hydrogens is 340 g/mol. The van der Waals surface area contributed by atoms with Crippen molar-refractivity contribution in [2.75, 3.05) is 39.0 Å². The van der Waals surface area contributed by atoms with Crippen LogP contribution in [0.5, 0.6) is 0 Å². The number of hydrogen-bond acceptors (Lipinski definition) is 6. The minimum absolute atomic E-state index is 0.0600. The van der Waals surface area contributed by atoms with E-state index >= 15 is 0 Å². The Kier molecular flexibility index (Phi) is 5.41. The van der Waals surface area contributed by atoms with Crippen molar-refractivity contribution in [3.63, 3.8) is 0 Å². The molecule has 2 aromatic heterocycles. The first-order chi connectivity index (χ1) is 12.0. The summed E-state index contributed by atoms with van der Waals surface area (Å²) in [5, 5.41) is 3.24. The van der Waals surface area contributed by atoms with Crippen LogP contribution in [0.4, 0.5) is 5.82 Å². The molecule has 0 saturated carbocycles. The van der Waals surface area contributed by atoms with Gasteiger partial charge in [0.15, 0.2) is 0 Å². The Morgan fingerprint density at radius 1 is 1.28 bits per heavy atom. The van der Waals surface area contributed by atoms with Gasteiger partial charge in [0.05, 0.1) is 12.3 Å². The van der Waals surface area contributed by atoms with Gasteiger partial charge in [0.1, 0.15) is 16.5 Å². The fourth-order valence-electron chi connectivity index (χ4n) is 2.93. The van der Waals surface area contributed by atoms with E-state index in [-0.39, 0.29) is 10.9 Å². The van der Waals surface area contributed by atoms with Gasteiger partial charge in [-0.25, -0.2) is 13.4 Å². The maximum absolute atomic E-state index is 12.5. The second-order valence-electron chi connectivity index (χ2n) is 6.37. The Morgan fingerprint density at radius 3 is 2.60 bits per heavy atom. The van der Waals surface area contributed by atoms with E-state index in [1.165, 1.54) is 10.5 Å². The van der Waals surface area contributed by atoms with E-state index < -0.39 is 10.0 Å². The van der Waals surface area contributed by atoms with Crippen LogP contribution in [-0.2, 0) is 10.0 Å². The van der Waals surface area contributed by atoms with Crippen molar-refractivity contribution in [1.82, 2.24) is 14.2 Å². The normalized spacial score (nSPS) is 17.1. The minimum Gasteiger partial charge on any atom is -0.468 e. The number of hydrogen-bond donors (Lipinski definition) is 1. The van der Waals surface area contributed by atoms with Crippen molar-refractivity contribution in [2.45, 2.75) is 23.8 Å². The van der Waals surface area contributed by atoms with Gasteiger partial charge in [-0.3, -0.25) is 4.90 Å². The Bertz CT molecular complexity index is 767. The topological polar surface area (TPSA) is 78.7 Å². The van der Waals surface area contributed by atoms with Gasteiger partial charge in [-0.1, -0.05) is 0 Å². The van der Waals surface area contributed by atoms with E-state index in [0.29, 0.717) is 25.5 Å². The first-order valence-electron chi connectivity index (χ1n) is 8.38. The fourth-order valence-corrected chi connectivity index (χ4v) is 4.40. The Balaban J connectivity index is 1.66. The highest BCUT2D eigenvalue weighted by Gasteiger charge is 2.27. The molecule has 25 heavy (non-hydrogen) atoms. The van der Waals surface area contributed by atoms with Crippen LogP contribution >= 0.6 is 0 Å². The van der Waals surface area contributed by atoms with Crippen LogP contribution < -0.4 is 5.32 Å². The summed E-state index contributed by atoms with van der Waals surface area (Å²) in [6.45, 7) is 1.79. The Labute approximate surface area is 148 Å². The molecule has 0 bridgehead atoms. The third-order valence-electron chi connectivity index (χ3n) is 4.41. The van der Waals surface area contributed by atoms with E-state index in [9.17, 15) is 8.42 Å². The van der Waals surface area contributed by atoms with Crippen molar-refractivity contribution >= 4 is 15.8 Å². The molecule has 0 spiro atoms. The summed E-state index contributed by atoms with van der Waals surface area (Å²) < 4.78 is 32.0. The molecule has 1 saturated heterocycles. The van der Waals surface area contributed by atoms with Crippen LogP contribution in [0.2, 0.25) is 0 Å². The van der Waals surface area contributed by atoms with Crippen molar-refractivity contribution in [3.05, 3.63) is 42.5 Å². The van der Waals surface area contributed by atoms with Crippen LogP contribution in [0.25, 0.3) is 0 Å². The summed E-state index contributed by atoms with van der Waals surface area (Å²) in [4.78, 5) is 6.56. The molecule has 0 unspecified atom stereocenters. The largest absolute Gasteiger partial charge is 0.468 e. The molecule has 3 rings (SSSR count). The molecule has 3 heterocycles. The average molecular weight is 364 g/mol. The first kappa shape index (κ1) is 17.9. The summed E-state index contributed by atoms with van der Waals surface area (Å²) in [7, 11) is 0.545. The lowest BCUT2D eigenvalue weighted by atomic mass is 10.2. The molecule has 0 aromatic carbocycles. The lowest BCUT2D eigenvalue weighted by molar-refractivity contribution is 0.269. The number of likely N-dealkylation sites (N-methyl/N-ethyl adjacent to an activating group) is 1. The number of pyridine rings is 1. The van der Waals surface area contributed by atoms with Gasteiger partial charge in [-0.05, 0) is 51.2 Å². The molecular formula is C17H24N4O3S. The molecule has 8 heteroatoms. The average Bonchev–Trinajstić information content (AvgIpc) is 3.29. The van der Waals surface area contributed by atoms with Gasteiger partial charge in [0, 0.05) is 25.8 Å². The zero-order valence-corrected chi connectivity index (χ0v) is 15.4. The third-order valence-corrected chi connectivity index (χ3v) is 6.29. The Hall–Kier alpha value is -1.90. The molecule has 136 valence electrons. The summed E-state index contributed by atoms with van der Waals surface area (Å²) in [6.07, 6.45) is 4.92. The van der Waals surface area contributed by atoms with E-state index in [1.54, 1.807) is 18.4 Å². The number of furan rings is 1. The predicted molar refractivity (Wildman–Crippen MR) is 95.9 cm³/mol. The number of sulfonamides is 1. The molecule has 1 N–H and O–H groups in total. The number of nitrogens with zero attached hydrogens (tertiary/aromatic N) is 3. The van der Waals surface area contributed by atoms with Crippen molar-refractivity contribution in [3.8, 4) is 0 Å². The second kappa shape index (κ2) is 7.55. The van der Waals surface area contributed by atoms with Crippen LogP contribution in [0.3, 0.4) is 0 Å². The number of nitrogens with one attached hydrogen (secondary N) is 1. The first-order valence-corrected chi connectivity index (χ1v) is 9.82. The molecule has 0 amide bonds. The summed E-state index contributed by atoms with van der Waals surface area (Å²) in [5.41, 5.74) is 0. The quantitative estimate of drug-likeness (QED) is 0.811. The van der Waals surface area contributed by atoms with Crippen molar-refractivity contribution in [1.29, 1.82) is 0 Å². The van der Waals surface area contributed by atoms with E-state index in [0.717, 1.165) is 18.6 Å². The molecule has 1 aliphatic heterocycles. The molecule has 0 radical (unpaired) electrons. The molecule has 1 aliphatic rings. The zero-order chi connectivity index (χ0) is 17.9. The maximum atomic E-state index is 12.5. The molecule has 1 fully saturated rings. The zero-order valence-electron chi connectivity index (χ0n) is 14.6. The highest BCUT2D eigenvalue weighted by molar-refractivity contribution is 7.89. The van der Waals surface area contributed by atoms with Crippen LogP contribution in [0, 0.1) is 0 Å². The second-order valence-corrected chi connectivity index (χ2v) is 8.30. The predicted octanol–water partition coefficient (Wildman–Crippen LogP) is 2.17. The van der Waals surface area contributed by atoms with Gasteiger partial charge < -0.3 is 9.73 Å². The van der Waals surface area contributed by atoms with Gasteiger partial charge in [0.25, 0.3) is 0 Å². The lowest BCUT2D eigenvalue weighted by Crippen LogP contribution is -2.28. The van der Waals surface area contributed by atoms with E-state index in [2.05, 4.69) is 15.2 Å². The van der Waals surface area contributed by atoms with Gasteiger partial charge >= 0.3 is 0 Å². The number of anilines is 1. The number of aromatic nitrogens is 1. The highest BCUT2D eigenvalue weighted by atomic mass is 32.2. The summed E-state index contributed by atoms with van der Waals surface area (Å²) >= 11 is 0. The molecule has 7 nitrogen and oxygen atoms in total. The Morgan fingerprint density at radius 2 is 2.04 bits per heavy atom. The van der Waals surface area contributed by atoms with E-state index in [4.69, 9.17) is 4.42 Å². The molecule has 1 atom stereocenters. The lowest BCUT2D eigenvalue weighted by Gasteiger charge is -2.23. The summed E-state index contributed by atoms with van der Waals surface area (Å²) in [6, 6.07) is 7.18.